The van der Waals surface area contributed by atoms with E-state index in [4.69, 9.17) is 16.3 Å². The SMILES string of the molecule is C[B]c1ccc(CCNC(=O)c2cc(Cl)ccc2OCCCC)cc1. The molecule has 0 aliphatic carbocycles. The van der Waals surface area contributed by atoms with Crippen LogP contribution in [0, 0.1) is 0 Å². The minimum absolute atomic E-state index is 0.160. The van der Waals surface area contributed by atoms with Gasteiger partial charge in [0, 0.05) is 11.6 Å². The van der Waals surface area contributed by atoms with Gasteiger partial charge in [-0.1, -0.05) is 61.5 Å². The van der Waals surface area contributed by atoms with Crippen molar-refractivity contribution in [1.82, 2.24) is 5.32 Å². The van der Waals surface area contributed by atoms with Gasteiger partial charge in [-0.2, -0.15) is 0 Å². The standard InChI is InChI=1S/C20H24BClNO2/c1-3-4-13-25-19-10-9-17(22)14-18(19)20(24)23-12-11-15-5-7-16(21-2)8-6-15/h5-10,14H,3-4,11-13H2,1-2H3,(H,23,24). The van der Waals surface area contributed by atoms with Crippen LogP contribution in [-0.4, -0.2) is 26.3 Å². The molecular weight excluding hydrogens is 332 g/mol. The van der Waals surface area contributed by atoms with Gasteiger partial charge in [0.15, 0.2) is 0 Å². The lowest BCUT2D eigenvalue weighted by Gasteiger charge is -2.12. The Labute approximate surface area is 156 Å². The van der Waals surface area contributed by atoms with Gasteiger partial charge in [-0.05, 0) is 36.6 Å². The van der Waals surface area contributed by atoms with Crippen LogP contribution < -0.4 is 15.5 Å². The van der Waals surface area contributed by atoms with Crippen LogP contribution in [-0.2, 0) is 6.42 Å². The molecule has 0 bridgehead atoms. The molecule has 0 aliphatic heterocycles. The summed E-state index contributed by atoms with van der Waals surface area (Å²) in [6.45, 7) is 5.28. The van der Waals surface area contributed by atoms with Gasteiger partial charge in [-0.3, -0.25) is 4.79 Å². The summed E-state index contributed by atoms with van der Waals surface area (Å²) >= 11 is 6.04. The predicted octanol–water partition coefficient (Wildman–Crippen LogP) is 3.87. The number of ether oxygens (including phenoxy) is 1. The summed E-state index contributed by atoms with van der Waals surface area (Å²) in [4.78, 5) is 12.5. The molecule has 1 radical (unpaired) electrons. The van der Waals surface area contributed by atoms with E-state index in [-0.39, 0.29) is 5.91 Å². The number of amides is 1. The van der Waals surface area contributed by atoms with E-state index < -0.39 is 0 Å². The normalized spacial score (nSPS) is 10.4. The van der Waals surface area contributed by atoms with Crippen molar-refractivity contribution in [3.63, 3.8) is 0 Å². The van der Waals surface area contributed by atoms with E-state index in [0.29, 0.717) is 29.5 Å². The highest BCUT2D eigenvalue weighted by Gasteiger charge is 2.13. The van der Waals surface area contributed by atoms with Crippen LogP contribution in [0.5, 0.6) is 5.75 Å². The molecule has 0 aromatic heterocycles. The lowest BCUT2D eigenvalue weighted by atomic mass is 9.73. The van der Waals surface area contributed by atoms with E-state index >= 15 is 0 Å². The first-order chi connectivity index (χ1) is 12.1. The number of rotatable bonds is 9. The summed E-state index contributed by atoms with van der Waals surface area (Å²) in [5.74, 6) is 0.422. The summed E-state index contributed by atoms with van der Waals surface area (Å²) in [5, 5.41) is 3.48. The smallest absolute Gasteiger partial charge is 0.255 e. The number of nitrogens with one attached hydrogen (secondary N) is 1. The van der Waals surface area contributed by atoms with Crippen molar-refractivity contribution >= 4 is 30.3 Å². The maximum Gasteiger partial charge on any atom is 0.255 e. The van der Waals surface area contributed by atoms with Gasteiger partial charge in [0.05, 0.1) is 12.2 Å². The predicted molar refractivity (Wildman–Crippen MR) is 106 cm³/mol. The molecule has 0 spiro atoms. The van der Waals surface area contributed by atoms with Crippen molar-refractivity contribution in [2.45, 2.75) is 33.0 Å². The van der Waals surface area contributed by atoms with Gasteiger partial charge in [-0.25, -0.2) is 0 Å². The maximum absolute atomic E-state index is 12.5. The van der Waals surface area contributed by atoms with Gasteiger partial charge >= 0.3 is 0 Å². The Hall–Kier alpha value is -1.94. The van der Waals surface area contributed by atoms with Crippen LogP contribution in [0.2, 0.25) is 11.8 Å². The third-order valence-electron chi connectivity index (χ3n) is 3.95. The molecule has 0 heterocycles. The number of hydrogen-bond donors (Lipinski definition) is 1. The first-order valence-electron chi connectivity index (χ1n) is 8.73. The highest BCUT2D eigenvalue weighted by Crippen LogP contribution is 2.23. The molecular formula is C20H24BClNO2. The zero-order valence-corrected chi connectivity index (χ0v) is 15.6. The van der Waals surface area contributed by atoms with Crippen molar-refractivity contribution in [2.24, 2.45) is 0 Å². The van der Waals surface area contributed by atoms with Crippen LogP contribution in [0.25, 0.3) is 0 Å². The molecule has 2 rings (SSSR count). The van der Waals surface area contributed by atoms with E-state index in [1.54, 1.807) is 18.2 Å². The van der Waals surface area contributed by atoms with E-state index in [9.17, 15) is 4.79 Å². The number of unbranched alkanes of at least 4 members (excludes halogenated alkanes) is 1. The Morgan fingerprint density at radius 1 is 1.20 bits per heavy atom. The second-order valence-corrected chi connectivity index (χ2v) is 6.32. The summed E-state index contributed by atoms with van der Waals surface area (Å²) in [7, 11) is 2.06. The fourth-order valence-electron chi connectivity index (χ4n) is 2.42. The Kier molecular flexibility index (Phi) is 7.87. The highest BCUT2D eigenvalue weighted by molar-refractivity contribution is 6.51. The topological polar surface area (TPSA) is 38.3 Å². The first kappa shape index (κ1) is 19.4. The number of benzene rings is 2. The van der Waals surface area contributed by atoms with Crippen molar-refractivity contribution in [2.75, 3.05) is 13.2 Å². The first-order valence-corrected chi connectivity index (χ1v) is 9.10. The second-order valence-electron chi connectivity index (χ2n) is 5.88. The fraction of sp³-hybridized carbons (Fsp3) is 0.350. The number of carbonyl (C=O) groups is 1. The van der Waals surface area contributed by atoms with Crippen molar-refractivity contribution in [1.29, 1.82) is 0 Å². The molecule has 1 N–H and O–H groups in total. The molecule has 0 fully saturated rings. The van der Waals surface area contributed by atoms with Crippen LogP contribution in [0.4, 0.5) is 0 Å². The maximum atomic E-state index is 12.5. The number of carbonyl (C=O) groups excluding carboxylic acids is 1. The van der Waals surface area contributed by atoms with Crippen molar-refractivity contribution in [3.05, 3.63) is 58.6 Å². The van der Waals surface area contributed by atoms with Crippen LogP contribution >= 0.6 is 11.6 Å². The van der Waals surface area contributed by atoms with Crippen molar-refractivity contribution < 1.29 is 9.53 Å². The lowest BCUT2D eigenvalue weighted by molar-refractivity contribution is 0.0950. The molecule has 0 aliphatic rings. The fourth-order valence-corrected chi connectivity index (χ4v) is 2.60. The van der Waals surface area contributed by atoms with E-state index in [0.717, 1.165) is 19.3 Å². The van der Waals surface area contributed by atoms with Gasteiger partial charge < -0.3 is 10.1 Å². The minimum atomic E-state index is -0.160. The monoisotopic (exact) mass is 356 g/mol. The lowest BCUT2D eigenvalue weighted by Crippen LogP contribution is -2.26. The molecule has 1 amide bonds. The molecule has 0 atom stereocenters. The van der Waals surface area contributed by atoms with E-state index in [1.807, 2.05) is 6.82 Å². The highest BCUT2D eigenvalue weighted by atomic mass is 35.5. The molecule has 5 heteroatoms. The van der Waals surface area contributed by atoms with Gasteiger partial charge in [0.25, 0.3) is 5.91 Å². The average molecular weight is 357 g/mol. The summed E-state index contributed by atoms with van der Waals surface area (Å²) < 4.78 is 5.72. The zero-order chi connectivity index (χ0) is 18.1. The third-order valence-corrected chi connectivity index (χ3v) is 4.19. The Morgan fingerprint density at radius 3 is 2.64 bits per heavy atom. The van der Waals surface area contributed by atoms with Gasteiger partial charge in [0.1, 0.15) is 13.0 Å². The number of halogens is 1. The molecule has 2 aromatic rings. The Balaban J connectivity index is 1.93. The largest absolute Gasteiger partial charge is 0.493 e. The molecule has 0 saturated carbocycles. The van der Waals surface area contributed by atoms with Crippen LogP contribution in [0.1, 0.15) is 35.7 Å². The van der Waals surface area contributed by atoms with E-state index in [2.05, 4.69) is 43.8 Å². The molecule has 131 valence electrons. The van der Waals surface area contributed by atoms with Gasteiger partial charge in [0.2, 0.25) is 0 Å². The van der Waals surface area contributed by atoms with E-state index in [1.165, 1.54) is 11.0 Å². The molecule has 3 nitrogen and oxygen atoms in total. The van der Waals surface area contributed by atoms with Crippen LogP contribution in [0.3, 0.4) is 0 Å². The minimum Gasteiger partial charge on any atom is -0.493 e. The van der Waals surface area contributed by atoms with Crippen LogP contribution in [0.15, 0.2) is 42.5 Å². The molecule has 2 aromatic carbocycles. The quantitative estimate of drug-likeness (QED) is 0.547. The summed E-state index contributed by atoms with van der Waals surface area (Å²) in [6, 6.07) is 13.5. The van der Waals surface area contributed by atoms with Crippen molar-refractivity contribution in [3.8, 4) is 5.75 Å². The Morgan fingerprint density at radius 2 is 1.96 bits per heavy atom. The summed E-state index contributed by atoms with van der Waals surface area (Å²) in [5.41, 5.74) is 2.87. The second kappa shape index (κ2) is 10.1. The molecule has 0 unspecified atom stereocenters. The van der Waals surface area contributed by atoms with Gasteiger partial charge in [-0.15, -0.1) is 0 Å². The summed E-state index contributed by atoms with van der Waals surface area (Å²) in [6.07, 6.45) is 2.78. The third kappa shape index (κ3) is 6.13. The molecule has 25 heavy (non-hydrogen) atoms. The zero-order valence-electron chi connectivity index (χ0n) is 14.8. The number of hydrogen-bond acceptors (Lipinski definition) is 2. The Bertz CT molecular complexity index is 689. The average Bonchev–Trinajstić information content (AvgIpc) is 2.63. The molecule has 0 saturated heterocycles.